The second kappa shape index (κ2) is 4.88. The average molecular weight is 254 g/mol. The Morgan fingerprint density at radius 1 is 1.56 bits per heavy atom. The van der Waals surface area contributed by atoms with Gasteiger partial charge in [-0.2, -0.15) is 0 Å². The first kappa shape index (κ1) is 13.3. The highest BCUT2D eigenvalue weighted by molar-refractivity contribution is 5.82. The first-order valence-electron chi connectivity index (χ1n) is 6.76. The molecule has 1 aliphatic carbocycles. The van der Waals surface area contributed by atoms with Gasteiger partial charge >= 0.3 is 5.97 Å². The minimum Gasteiger partial charge on any atom is -0.479 e. The van der Waals surface area contributed by atoms with Crippen LogP contribution in [-0.2, 0) is 9.59 Å². The van der Waals surface area contributed by atoms with E-state index in [1.165, 1.54) is 4.90 Å². The van der Waals surface area contributed by atoms with Gasteiger partial charge in [0.2, 0.25) is 6.41 Å². The lowest BCUT2D eigenvalue weighted by atomic mass is 9.94. The fourth-order valence-electron chi connectivity index (χ4n) is 3.12. The molecular formula is C13H22N2O3. The number of carboxylic acids is 1. The number of hydrogen-bond donors (Lipinski definition) is 1. The summed E-state index contributed by atoms with van der Waals surface area (Å²) < 4.78 is 0. The van der Waals surface area contributed by atoms with E-state index < -0.39 is 11.5 Å². The Kier molecular flexibility index (Phi) is 3.61. The first-order chi connectivity index (χ1) is 8.55. The van der Waals surface area contributed by atoms with E-state index in [1.54, 1.807) is 0 Å². The highest BCUT2D eigenvalue weighted by Gasteiger charge is 2.54. The van der Waals surface area contributed by atoms with Crippen LogP contribution in [0.25, 0.3) is 0 Å². The van der Waals surface area contributed by atoms with E-state index in [1.807, 2.05) is 6.92 Å². The molecule has 0 radical (unpaired) electrons. The number of nitrogens with zero attached hydrogens (tertiary/aromatic N) is 2. The van der Waals surface area contributed by atoms with E-state index in [-0.39, 0.29) is 6.04 Å². The van der Waals surface area contributed by atoms with Gasteiger partial charge in [0, 0.05) is 25.2 Å². The quantitative estimate of drug-likeness (QED) is 0.716. The van der Waals surface area contributed by atoms with Crippen LogP contribution in [0.4, 0.5) is 0 Å². The topological polar surface area (TPSA) is 60.9 Å². The van der Waals surface area contributed by atoms with Crippen molar-refractivity contribution in [1.29, 1.82) is 0 Å². The first-order valence-corrected chi connectivity index (χ1v) is 6.76. The lowest BCUT2D eigenvalue weighted by Gasteiger charge is -2.35. The smallest absolute Gasteiger partial charge is 0.331 e. The normalized spacial score (nSPS) is 32.4. The molecule has 0 aromatic heterocycles. The zero-order chi connectivity index (χ0) is 13.3. The molecule has 1 saturated carbocycles. The Balaban J connectivity index is 2.22. The van der Waals surface area contributed by atoms with Gasteiger partial charge in [0.15, 0.2) is 5.54 Å². The molecule has 0 spiro atoms. The van der Waals surface area contributed by atoms with Gasteiger partial charge in [-0.05, 0) is 32.6 Å². The van der Waals surface area contributed by atoms with Crippen LogP contribution in [0, 0.1) is 0 Å². The van der Waals surface area contributed by atoms with Crippen LogP contribution in [-0.4, -0.2) is 58.0 Å². The van der Waals surface area contributed by atoms with Crippen LogP contribution in [0.5, 0.6) is 0 Å². The predicted octanol–water partition coefficient (Wildman–Crippen LogP) is 0.935. The van der Waals surface area contributed by atoms with Crippen molar-refractivity contribution in [2.24, 2.45) is 0 Å². The summed E-state index contributed by atoms with van der Waals surface area (Å²) >= 11 is 0. The Morgan fingerprint density at radius 2 is 2.22 bits per heavy atom. The van der Waals surface area contributed by atoms with Crippen molar-refractivity contribution in [3.05, 3.63) is 0 Å². The van der Waals surface area contributed by atoms with Gasteiger partial charge in [0.05, 0.1) is 0 Å². The summed E-state index contributed by atoms with van der Waals surface area (Å²) in [7, 11) is 0. The molecule has 18 heavy (non-hydrogen) atoms. The predicted molar refractivity (Wildman–Crippen MR) is 67.2 cm³/mol. The maximum Gasteiger partial charge on any atom is 0.331 e. The zero-order valence-electron chi connectivity index (χ0n) is 11.1. The SMILES string of the molecule is CCCN(C=O)C1(C(=O)O)CC(C)N(C2CC2)C1. The molecule has 0 aromatic carbocycles. The van der Waals surface area contributed by atoms with E-state index in [9.17, 15) is 14.7 Å². The molecule has 102 valence electrons. The fraction of sp³-hybridized carbons (Fsp3) is 0.846. The van der Waals surface area contributed by atoms with Crippen molar-refractivity contribution in [3.63, 3.8) is 0 Å². The maximum atomic E-state index is 11.7. The minimum absolute atomic E-state index is 0.243. The van der Waals surface area contributed by atoms with Gasteiger partial charge in [-0.15, -0.1) is 0 Å². The fourth-order valence-corrected chi connectivity index (χ4v) is 3.12. The highest BCUT2D eigenvalue weighted by atomic mass is 16.4. The molecule has 5 heteroatoms. The van der Waals surface area contributed by atoms with Crippen LogP contribution in [0.3, 0.4) is 0 Å². The van der Waals surface area contributed by atoms with Gasteiger partial charge in [0.1, 0.15) is 0 Å². The van der Waals surface area contributed by atoms with Crippen molar-refractivity contribution in [2.75, 3.05) is 13.1 Å². The van der Waals surface area contributed by atoms with Crippen LogP contribution < -0.4 is 0 Å². The molecule has 5 nitrogen and oxygen atoms in total. The van der Waals surface area contributed by atoms with Crippen LogP contribution >= 0.6 is 0 Å². The van der Waals surface area contributed by atoms with Gasteiger partial charge in [0.25, 0.3) is 0 Å². The number of rotatable bonds is 6. The molecule has 1 heterocycles. The van der Waals surface area contributed by atoms with Gasteiger partial charge < -0.3 is 10.0 Å². The maximum absolute atomic E-state index is 11.7. The summed E-state index contributed by atoms with van der Waals surface area (Å²) in [6.07, 6.45) is 4.35. The number of carboxylic acid groups (broad SMARTS) is 1. The number of hydrogen-bond acceptors (Lipinski definition) is 3. The molecule has 0 aromatic rings. The summed E-state index contributed by atoms with van der Waals surface area (Å²) in [5.41, 5.74) is -1.01. The van der Waals surface area contributed by atoms with E-state index in [2.05, 4.69) is 11.8 Å². The monoisotopic (exact) mass is 254 g/mol. The number of likely N-dealkylation sites (tertiary alicyclic amines) is 1. The van der Waals surface area contributed by atoms with Crippen molar-refractivity contribution in [2.45, 2.75) is 57.2 Å². The summed E-state index contributed by atoms with van der Waals surface area (Å²) in [6, 6.07) is 0.782. The lowest BCUT2D eigenvalue weighted by molar-refractivity contribution is -0.154. The van der Waals surface area contributed by atoms with Crippen molar-refractivity contribution in [3.8, 4) is 0 Å². The number of amides is 1. The third kappa shape index (κ3) is 2.11. The molecule has 0 bridgehead atoms. The van der Waals surface area contributed by atoms with E-state index in [0.717, 1.165) is 19.3 Å². The Morgan fingerprint density at radius 3 is 2.67 bits per heavy atom. The van der Waals surface area contributed by atoms with Crippen molar-refractivity contribution >= 4 is 12.4 Å². The summed E-state index contributed by atoms with van der Waals surface area (Å²) in [6.45, 7) is 5.02. The Bertz CT molecular complexity index is 343. The van der Waals surface area contributed by atoms with Crippen molar-refractivity contribution < 1.29 is 14.7 Å². The summed E-state index contributed by atoms with van der Waals surface area (Å²) in [5, 5.41) is 9.60. The molecule has 1 amide bonds. The van der Waals surface area contributed by atoms with Gasteiger partial charge in [-0.25, -0.2) is 4.79 Å². The molecule has 1 N–H and O–H groups in total. The summed E-state index contributed by atoms with van der Waals surface area (Å²) in [4.78, 5) is 26.7. The van der Waals surface area contributed by atoms with E-state index in [0.29, 0.717) is 32.0 Å². The van der Waals surface area contributed by atoms with Gasteiger partial charge in [-0.3, -0.25) is 9.69 Å². The molecular weight excluding hydrogens is 232 g/mol. The van der Waals surface area contributed by atoms with Crippen LogP contribution in [0.1, 0.15) is 39.5 Å². The molecule has 1 aliphatic heterocycles. The Hall–Kier alpha value is -1.10. The number of aliphatic carboxylic acids is 1. The average Bonchev–Trinajstić information content (AvgIpc) is 3.10. The molecule has 2 rings (SSSR count). The molecule has 2 fully saturated rings. The standard InChI is InChI=1S/C13H22N2O3/c1-3-6-14(9-16)13(12(17)18)7-10(2)15(8-13)11-4-5-11/h9-11H,3-8H2,1-2H3,(H,17,18). The van der Waals surface area contributed by atoms with E-state index >= 15 is 0 Å². The lowest BCUT2D eigenvalue weighted by Crippen LogP contribution is -2.56. The largest absolute Gasteiger partial charge is 0.479 e. The molecule has 2 aliphatic rings. The van der Waals surface area contributed by atoms with Crippen LogP contribution in [0.2, 0.25) is 0 Å². The minimum atomic E-state index is -1.01. The highest BCUT2D eigenvalue weighted by Crippen LogP contribution is 2.39. The van der Waals surface area contributed by atoms with E-state index in [4.69, 9.17) is 0 Å². The zero-order valence-corrected chi connectivity index (χ0v) is 11.1. The molecule has 2 unspecified atom stereocenters. The number of carbonyl (C=O) groups is 2. The second-order valence-electron chi connectivity index (χ2n) is 5.59. The number of carbonyl (C=O) groups excluding carboxylic acids is 1. The summed E-state index contributed by atoms with van der Waals surface area (Å²) in [5.74, 6) is -0.863. The van der Waals surface area contributed by atoms with Crippen LogP contribution in [0.15, 0.2) is 0 Å². The third-order valence-electron chi connectivity index (χ3n) is 4.20. The van der Waals surface area contributed by atoms with Crippen molar-refractivity contribution in [1.82, 2.24) is 9.80 Å². The molecule has 1 saturated heterocycles. The molecule has 2 atom stereocenters. The Labute approximate surface area is 108 Å². The van der Waals surface area contributed by atoms with Gasteiger partial charge in [-0.1, -0.05) is 6.92 Å². The third-order valence-corrected chi connectivity index (χ3v) is 4.20. The second-order valence-corrected chi connectivity index (χ2v) is 5.59.